The zero-order valence-electron chi connectivity index (χ0n) is 15.5. The third-order valence-electron chi connectivity index (χ3n) is 5.87. The van der Waals surface area contributed by atoms with Gasteiger partial charge in [-0.05, 0) is 43.2 Å². The molecule has 0 saturated heterocycles. The van der Waals surface area contributed by atoms with E-state index in [1.807, 2.05) is 12.1 Å². The van der Waals surface area contributed by atoms with Crippen molar-refractivity contribution in [2.45, 2.75) is 56.6 Å². The number of nitrogens with one attached hydrogen (secondary N) is 1. The number of carbonyl (C=O) groups excluding carboxylic acids is 1. The second-order valence-corrected chi connectivity index (χ2v) is 8.37. The molecule has 0 radical (unpaired) electrons. The number of halogens is 1. The Kier molecular flexibility index (Phi) is 5.53. The lowest BCUT2D eigenvalue weighted by Crippen LogP contribution is -2.40. The quantitative estimate of drug-likeness (QED) is 0.443. The van der Waals surface area contributed by atoms with Gasteiger partial charge in [-0.2, -0.15) is 0 Å². The smallest absolute Gasteiger partial charge is 0.408 e. The summed E-state index contributed by atoms with van der Waals surface area (Å²) in [5, 5.41) is 4.07. The summed E-state index contributed by atoms with van der Waals surface area (Å²) in [6.07, 6.45) is 7.04. The number of ether oxygens (including phenoxy) is 1. The molecule has 1 N–H and O–H groups in total. The lowest BCUT2D eigenvalue weighted by atomic mass is 9.86. The molecule has 142 valence electrons. The molecule has 4 rings (SSSR count). The molecule has 2 aliphatic carbocycles. The van der Waals surface area contributed by atoms with Crippen LogP contribution in [-0.4, -0.2) is 17.5 Å². The molecular formula is C23H26BrNO2. The van der Waals surface area contributed by atoms with Crippen LogP contribution in [0.4, 0.5) is 4.79 Å². The lowest BCUT2D eigenvalue weighted by Gasteiger charge is -2.32. The van der Waals surface area contributed by atoms with Gasteiger partial charge < -0.3 is 10.1 Å². The van der Waals surface area contributed by atoms with Gasteiger partial charge in [0, 0.05) is 22.5 Å². The van der Waals surface area contributed by atoms with Crippen LogP contribution < -0.4 is 5.32 Å². The van der Waals surface area contributed by atoms with Crippen LogP contribution in [0.15, 0.2) is 48.5 Å². The molecule has 4 heteroatoms. The van der Waals surface area contributed by atoms with Crippen molar-refractivity contribution in [3.05, 3.63) is 59.7 Å². The number of carbonyl (C=O) groups is 1. The van der Waals surface area contributed by atoms with Gasteiger partial charge in [-0.1, -0.05) is 77.3 Å². The highest BCUT2D eigenvalue weighted by Gasteiger charge is 2.46. The SMILES string of the molecule is O=C(NC1CCCC1)OC1(CCCCBr)c2ccccc2-c2ccccc21. The Morgan fingerprint density at radius 1 is 1.00 bits per heavy atom. The molecule has 2 aliphatic rings. The summed E-state index contributed by atoms with van der Waals surface area (Å²) in [6.45, 7) is 0. The molecule has 1 amide bonds. The lowest BCUT2D eigenvalue weighted by molar-refractivity contribution is 0.0318. The number of amides is 1. The molecule has 3 nitrogen and oxygen atoms in total. The summed E-state index contributed by atoms with van der Waals surface area (Å²) in [7, 11) is 0. The first-order chi connectivity index (χ1) is 13.2. The van der Waals surface area contributed by atoms with Crippen molar-refractivity contribution in [1.82, 2.24) is 5.32 Å². The maximum atomic E-state index is 12.9. The Labute approximate surface area is 169 Å². The highest BCUT2D eigenvalue weighted by Crippen LogP contribution is 2.52. The van der Waals surface area contributed by atoms with Crippen LogP contribution in [0.1, 0.15) is 56.1 Å². The Morgan fingerprint density at radius 2 is 1.59 bits per heavy atom. The van der Waals surface area contributed by atoms with Gasteiger partial charge in [0.05, 0.1) is 0 Å². The van der Waals surface area contributed by atoms with Crippen LogP contribution in [0.3, 0.4) is 0 Å². The van der Waals surface area contributed by atoms with Gasteiger partial charge in [-0.3, -0.25) is 0 Å². The van der Waals surface area contributed by atoms with E-state index in [-0.39, 0.29) is 12.1 Å². The molecular weight excluding hydrogens is 402 g/mol. The third-order valence-corrected chi connectivity index (χ3v) is 6.43. The van der Waals surface area contributed by atoms with Crippen LogP contribution in [0.5, 0.6) is 0 Å². The molecule has 0 atom stereocenters. The molecule has 2 aromatic carbocycles. The van der Waals surface area contributed by atoms with Crippen molar-refractivity contribution >= 4 is 22.0 Å². The zero-order chi connectivity index (χ0) is 18.7. The van der Waals surface area contributed by atoms with Crippen molar-refractivity contribution in [2.75, 3.05) is 5.33 Å². The maximum Gasteiger partial charge on any atom is 0.408 e. The van der Waals surface area contributed by atoms with Crippen molar-refractivity contribution in [3.8, 4) is 11.1 Å². The average Bonchev–Trinajstić information content (AvgIpc) is 3.28. The van der Waals surface area contributed by atoms with Gasteiger partial charge >= 0.3 is 6.09 Å². The van der Waals surface area contributed by atoms with E-state index in [2.05, 4.69) is 57.6 Å². The van der Waals surface area contributed by atoms with E-state index in [9.17, 15) is 4.79 Å². The van der Waals surface area contributed by atoms with Crippen LogP contribution in [0.25, 0.3) is 11.1 Å². The van der Waals surface area contributed by atoms with E-state index < -0.39 is 5.60 Å². The molecule has 0 unspecified atom stereocenters. The summed E-state index contributed by atoms with van der Waals surface area (Å²) in [5.41, 5.74) is 3.89. The number of unbranched alkanes of at least 4 members (excludes halogenated alkanes) is 1. The van der Waals surface area contributed by atoms with E-state index in [1.165, 1.54) is 24.0 Å². The summed E-state index contributed by atoms with van der Waals surface area (Å²) in [6, 6.07) is 17.0. The van der Waals surface area contributed by atoms with Gasteiger partial charge in [0.2, 0.25) is 0 Å². The summed E-state index contributed by atoms with van der Waals surface area (Å²) in [4.78, 5) is 12.9. The van der Waals surface area contributed by atoms with Crippen molar-refractivity contribution < 1.29 is 9.53 Å². The van der Waals surface area contributed by atoms with E-state index in [0.717, 1.165) is 48.6 Å². The molecule has 0 heterocycles. The Morgan fingerprint density at radius 3 is 2.19 bits per heavy atom. The first-order valence-electron chi connectivity index (χ1n) is 9.99. The fraction of sp³-hybridized carbons (Fsp3) is 0.435. The summed E-state index contributed by atoms with van der Waals surface area (Å²) in [5.74, 6) is 0. The number of fused-ring (bicyclic) bond motifs is 3. The number of hydrogen-bond donors (Lipinski definition) is 1. The molecule has 0 spiro atoms. The van der Waals surface area contributed by atoms with Gasteiger partial charge in [0.25, 0.3) is 0 Å². The second kappa shape index (κ2) is 8.05. The van der Waals surface area contributed by atoms with Crippen molar-refractivity contribution in [3.63, 3.8) is 0 Å². The zero-order valence-corrected chi connectivity index (χ0v) is 17.1. The normalized spacial score (nSPS) is 17.4. The fourth-order valence-electron chi connectivity index (χ4n) is 4.61. The Balaban J connectivity index is 1.70. The first-order valence-corrected chi connectivity index (χ1v) is 11.1. The van der Waals surface area contributed by atoms with Gasteiger partial charge in [-0.15, -0.1) is 0 Å². The maximum absolute atomic E-state index is 12.9. The third kappa shape index (κ3) is 3.52. The molecule has 1 fully saturated rings. The van der Waals surface area contributed by atoms with Gasteiger partial charge in [0.1, 0.15) is 0 Å². The first kappa shape index (κ1) is 18.5. The molecule has 27 heavy (non-hydrogen) atoms. The Bertz CT molecular complexity index is 768. The standard InChI is InChI=1S/C23H26BrNO2/c24-16-8-7-15-23(27-22(26)25-17-9-1-2-10-17)20-13-5-3-11-18(20)19-12-4-6-14-21(19)23/h3-6,11-14,17H,1-2,7-10,15-16H2,(H,25,26). The summed E-state index contributed by atoms with van der Waals surface area (Å²) >= 11 is 3.53. The highest BCUT2D eigenvalue weighted by atomic mass is 79.9. The fourth-order valence-corrected chi connectivity index (χ4v) is 5.01. The predicted octanol–water partition coefficient (Wildman–Crippen LogP) is 6.14. The number of alkyl carbamates (subject to hydrolysis) is 1. The predicted molar refractivity (Wildman–Crippen MR) is 112 cm³/mol. The number of hydrogen-bond acceptors (Lipinski definition) is 2. The molecule has 0 bridgehead atoms. The minimum Gasteiger partial charge on any atom is -0.433 e. The van der Waals surface area contributed by atoms with Crippen LogP contribution in [0, 0.1) is 0 Å². The number of benzene rings is 2. The minimum atomic E-state index is -0.696. The van der Waals surface area contributed by atoms with Crippen LogP contribution in [0.2, 0.25) is 0 Å². The average molecular weight is 428 g/mol. The van der Waals surface area contributed by atoms with E-state index in [0.29, 0.717) is 0 Å². The summed E-state index contributed by atoms with van der Waals surface area (Å²) < 4.78 is 6.30. The minimum absolute atomic E-state index is 0.254. The second-order valence-electron chi connectivity index (χ2n) is 7.58. The number of alkyl halides is 1. The van der Waals surface area contributed by atoms with E-state index in [1.54, 1.807) is 0 Å². The van der Waals surface area contributed by atoms with Gasteiger partial charge in [0.15, 0.2) is 5.60 Å². The van der Waals surface area contributed by atoms with E-state index >= 15 is 0 Å². The van der Waals surface area contributed by atoms with Crippen molar-refractivity contribution in [2.24, 2.45) is 0 Å². The van der Waals surface area contributed by atoms with Crippen LogP contribution >= 0.6 is 15.9 Å². The topological polar surface area (TPSA) is 38.3 Å². The molecule has 1 saturated carbocycles. The largest absolute Gasteiger partial charge is 0.433 e. The van der Waals surface area contributed by atoms with Crippen molar-refractivity contribution in [1.29, 1.82) is 0 Å². The van der Waals surface area contributed by atoms with E-state index in [4.69, 9.17) is 4.74 Å². The van der Waals surface area contributed by atoms with Gasteiger partial charge in [-0.25, -0.2) is 4.79 Å². The highest BCUT2D eigenvalue weighted by molar-refractivity contribution is 9.09. The monoisotopic (exact) mass is 427 g/mol. The Hall–Kier alpha value is -1.81. The molecule has 0 aliphatic heterocycles. The number of rotatable bonds is 6. The van der Waals surface area contributed by atoms with Crippen LogP contribution in [-0.2, 0) is 10.3 Å². The molecule has 0 aromatic heterocycles. The molecule has 2 aromatic rings.